The van der Waals surface area contributed by atoms with Gasteiger partial charge in [0.2, 0.25) is 5.78 Å². The SMILES string of the molecule is O=C(c1sccc1Cl)c1cnn2ccncc12. The molecule has 3 rings (SSSR count). The maximum absolute atomic E-state index is 12.2. The Bertz CT molecular complexity index is 703. The molecule has 0 aromatic carbocycles. The molecule has 0 N–H and O–H groups in total. The van der Waals surface area contributed by atoms with Gasteiger partial charge < -0.3 is 0 Å². The molecule has 84 valence electrons. The first-order valence-corrected chi connectivity index (χ1v) is 6.08. The lowest BCUT2D eigenvalue weighted by Crippen LogP contribution is -1.99. The maximum Gasteiger partial charge on any atom is 0.208 e. The monoisotopic (exact) mass is 263 g/mol. The van der Waals surface area contributed by atoms with Crippen LogP contribution in [0.3, 0.4) is 0 Å². The van der Waals surface area contributed by atoms with Gasteiger partial charge in [0, 0.05) is 12.4 Å². The molecule has 3 aromatic heterocycles. The van der Waals surface area contributed by atoms with Gasteiger partial charge in [-0.15, -0.1) is 11.3 Å². The van der Waals surface area contributed by atoms with E-state index in [2.05, 4.69) is 10.1 Å². The number of rotatable bonds is 2. The lowest BCUT2D eigenvalue weighted by Gasteiger charge is -1.96. The Morgan fingerprint density at radius 1 is 1.41 bits per heavy atom. The van der Waals surface area contributed by atoms with Gasteiger partial charge in [0.25, 0.3) is 0 Å². The number of carbonyl (C=O) groups is 1. The van der Waals surface area contributed by atoms with Gasteiger partial charge in [-0.3, -0.25) is 9.78 Å². The Balaban J connectivity index is 2.17. The quantitative estimate of drug-likeness (QED) is 0.668. The van der Waals surface area contributed by atoms with Gasteiger partial charge in [0.05, 0.1) is 33.4 Å². The fourth-order valence-corrected chi connectivity index (χ4v) is 2.68. The molecule has 0 saturated heterocycles. The van der Waals surface area contributed by atoms with Crippen LogP contribution >= 0.6 is 22.9 Å². The summed E-state index contributed by atoms with van der Waals surface area (Å²) in [6, 6.07) is 1.71. The van der Waals surface area contributed by atoms with Crippen molar-refractivity contribution in [3.05, 3.63) is 51.7 Å². The van der Waals surface area contributed by atoms with Gasteiger partial charge in [0.15, 0.2) is 0 Å². The number of hydrogen-bond acceptors (Lipinski definition) is 4. The molecule has 0 bridgehead atoms. The van der Waals surface area contributed by atoms with Crippen molar-refractivity contribution in [2.45, 2.75) is 0 Å². The lowest BCUT2D eigenvalue weighted by atomic mass is 10.1. The van der Waals surface area contributed by atoms with E-state index < -0.39 is 0 Å². The van der Waals surface area contributed by atoms with Crippen LogP contribution in [-0.2, 0) is 0 Å². The molecular weight excluding hydrogens is 258 g/mol. The number of carbonyl (C=O) groups excluding carboxylic acids is 1. The van der Waals surface area contributed by atoms with Crippen LogP contribution in [0.25, 0.3) is 5.52 Å². The molecule has 0 unspecified atom stereocenters. The average molecular weight is 264 g/mol. The lowest BCUT2D eigenvalue weighted by molar-refractivity contribution is 0.104. The van der Waals surface area contributed by atoms with Gasteiger partial charge in [-0.2, -0.15) is 5.10 Å². The van der Waals surface area contributed by atoms with Crippen molar-refractivity contribution < 1.29 is 4.79 Å². The third-order valence-electron chi connectivity index (χ3n) is 2.39. The molecule has 0 saturated carbocycles. The Kier molecular flexibility index (Phi) is 2.42. The van der Waals surface area contributed by atoms with Crippen LogP contribution in [0.5, 0.6) is 0 Å². The van der Waals surface area contributed by atoms with Crippen molar-refractivity contribution in [2.75, 3.05) is 0 Å². The largest absolute Gasteiger partial charge is 0.287 e. The molecule has 3 heterocycles. The smallest absolute Gasteiger partial charge is 0.208 e. The van der Waals surface area contributed by atoms with E-state index in [0.29, 0.717) is 21.0 Å². The molecule has 4 nitrogen and oxygen atoms in total. The molecule has 17 heavy (non-hydrogen) atoms. The standard InChI is InChI=1S/C11H6ClN3OS/c12-8-1-4-17-11(8)10(16)7-5-14-15-3-2-13-6-9(7)15/h1-6H. The Morgan fingerprint density at radius 2 is 2.29 bits per heavy atom. The van der Waals surface area contributed by atoms with Crippen molar-refractivity contribution in [1.29, 1.82) is 0 Å². The molecule has 0 radical (unpaired) electrons. The average Bonchev–Trinajstić information content (AvgIpc) is 2.94. The highest BCUT2D eigenvalue weighted by Gasteiger charge is 2.18. The second-order valence-electron chi connectivity index (χ2n) is 3.39. The molecular formula is C11H6ClN3OS. The van der Waals surface area contributed by atoms with Crippen LogP contribution in [0.2, 0.25) is 5.02 Å². The highest BCUT2D eigenvalue weighted by molar-refractivity contribution is 7.13. The zero-order valence-electron chi connectivity index (χ0n) is 8.50. The predicted octanol–water partition coefficient (Wildman–Crippen LogP) is 2.68. The summed E-state index contributed by atoms with van der Waals surface area (Å²) in [5, 5.41) is 6.36. The van der Waals surface area contributed by atoms with E-state index in [9.17, 15) is 4.79 Å². The number of fused-ring (bicyclic) bond motifs is 1. The van der Waals surface area contributed by atoms with Crippen LogP contribution < -0.4 is 0 Å². The molecule has 0 fully saturated rings. The molecule has 0 spiro atoms. The van der Waals surface area contributed by atoms with Gasteiger partial charge >= 0.3 is 0 Å². The van der Waals surface area contributed by atoms with Crippen molar-refractivity contribution in [3.8, 4) is 0 Å². The maximum atomic E-state index is 12.2. The van der Waals surface area contributed by atoms with E-state index in [1.165, 1.54) is 17.5 Å². The first-order chi connectivity index (χ1) is 8.27. The van der Waals surface area contributed by atoms with Crippen molar-refractivity contribution in [1.82, 2.24) is 14.6 Å². The van der Waals surface area contributed by atoms with E-state index in [4.69, 9.17) is 11.6 Å². The molecule has 0 aliphatic heterocycles. The number of aromatic nitrogens is 3. The minimum absolute atomic E-state index is 0.118. The third-order valence-corrected chi connectivity index (χ3v) is 3.73. The topological polar surface area (TPSA) is 47.3 Å². The molecule has 0 atom stereocenters. The van der Waals surface area contributed by atoms with E-state index in [-0.39, 0.29) is 5.78 Å². The summed E-state index contributed by atoms with van der Waals surface area (Å²) < 4.78 is 1.61. The molecule has 6 heteroatoms. The second-order valence-corrected chi connectivity index (χ2v) is 4.71. The zero-order chi connectivity index (χ0) is 11.8. The van der Waals surface area contributed by atoms with Gasteiger partial charge in [-0.1, -0.05) is 11.6 Å². The summed E-state index contributed by atoms with van der Waals surface area (Å²) in [5.74, 6) is -0.118. The number of hydrogen-bond donors (Lipinski definition) is 0. The van der Waals surface area contributed by atoms with Crippen LogP contribution in [0.15, 0.2) is 36.2 Å². The highest BCUT2D eigenvalue weighted by atomic mass is 35.5. The number of halogens is 1. The Hall–Kier alpha value is -1.72. The minimum Gasteiger partial charge on any atom is -0.287 e. The van der Waals surface area contributed by atoms with Crippen LogP contribution in [0, 0.1) is 0 Å². The summed E-state index contributed by atoms with van der Waals surface area (Å²) in [5.41, 5.74) is 1.20. The van der Waals surface area contributed by atoms with Crippen LogP contribution in [0.1, 0.15) is 15.2 Å². The minimum atomic E-state index is -0.118. The van der Waals surface area contributed by atoms with Gasteiger partial charge in [-0.05, 0) is 11.4 Å². The Morgan fingerprint density at radius 3 is 3.06 bits per heavy atom. The van der Waals surface area contributed by atoms with Crippen LogP contribution in [0.4, 0.5) is 0 Å². The summed E-state index contributed by atoms with van der Waals surface area (Å²) >= 11 is 7.28. The predicted molar refractivity (Wildman–Crippen MR) is 65.7 cm³/mol. The molecule has 0 aliphatic rings. The molecule has 0 aliphatic carbocycles. The van der Waals surface area contributed by atoms with Crippen molar-refractivity contribution >= 4 is 34.2 Å². The highest BCUT2D eigenvalue weighted by Crippen LogP contribution is 2.26. The van der Waals surface area contributed by atoms with Gasteiger partial charge in [-0.25, -0.2) is 4.52 Å². The first kappa shape index (κ1) is 10.4. The van der Waals surface area contributed by atoms with E-state index in [1.807, 2.05) is 0 Å². The summed E-state index contributed by atoms with van der Waals surface area (Å²) in [4.78, 5) is 16.8. The molecule has 0 amide bonds. The summed E-state index contributed by atoms with van der Waals surface area (Å²) in [6.07, 6.45) is 6.46. The fourth-order valence-electron chi connectivity index (χ4n) is 1.59. The van der Waals surface area contributed by atoms with E-state index in [0.717, 1.165) is 0 Å². The van der Waals surface area contributed by atoms with Crippen molar-refractivity contribution in [2.24, 2.45) is 0 Å². The fraction of sp³-hybridized carbons (Fsp3) is 0. The third kappa shape index (κ3) is 1.64. The normalized spacial score (nSPS) is 10.9. The number of nitrogens with zero attached hydrogens (tertiary/aromatic N) is 3. The first-order valence-electron chi connectivity index (χ1n) is 4.82. The number of thiophene rings is 1. The van der Waals surface area contributed by atoms with E-state index in [1.54, 1.807) is 34.6 Å². The number of ketones is 1. The second kappa shape index (κ2) is 3.94. The summed E-state index contributed by atoms with van der Waals surface area (Å²) in [6.45, 7) is 0. The van der Waals surface area contributed by atoms with Crippen LogP contribution in [-0.4, -0.2) is 20.4 Å². The Labute approximate surface area is 105 Å². The molecule has 3 aromatic rings. The van der Waals surface area contributed by atoms with Gasteiger partial charge in [0.1, 0.15) is 0 Å². The van der Waals surface area contributed by atoms with Crippen molar-refractivity contribution in [3.63, 3.8) is 0 Å². The van der Waals surface area contributed by atoms with E-state index >= 15 is 0 Å². The summed E-state index contributed by atoms with van der Waals surface area (Å²) in [7, 11) is 0. The zero-order valence-corrected chi connectivity index (χ0v) is 10.1.